The number of carbonyl (C=O) groups is 2. The van der Waals surface area contributed by atoms with Gasteiger partial charge in [0.15, 0.2) is 0 Å². The molecule has 1 aliphatic heterocycles. The number of esters is 1. The molecule has 10 nitrogen and oxygen atoms in total. The number of hydrogen-bond donors (Lipinski definition) is 6. The predicted molar refractivity (Wildman–Crippen MR) is 179 cm³/mol. The van der Waals surface area contributed by atoms with Crippen molar-refractivity contribution < 1.29 is 44.6 Å². The van der Waals surface area contributed by atoms with Gasteiger partial charge in [0, 0.05) is 49.5 Å². The van der Waals surface area contributed by atoms with Crippen LogP contribution in [0.25, 0.3) is 0 Å². The second-order valence-electron chi connectivity index (χ2n) is 17.5. The number of fused-ring (bicyclic) bond motifs is 9. The lowest BCUT2D eigenvalue weighted by molar-refractivity contribution is -0.373. The normalized spacial score (nSPS) is 53.8. The van der Waals surface area contributed by atoms with Crippen LogP contribution in [0.1, 0.15) is 71.6 Å². The molecule has 10 heteroatoms. The van der Waals surface area contributed by atoms with Crippen LogP contribution in [-0.2, 0) is 19.1 Å². The van der Waals surface area contributed by atoms with Gasteiger partial charge in [0.2, 0.25) is 0 Å². The maximum Gasteiger partial charge on any atom is 0.331 e. The topological polar surface area (TPSA) is 166 Å². The van der Waals surface area contributed by atoms with Crippen LogP contribution >= 0.6 is 0 Å². The zero-order valence-electron chi connectivity index (χ0n) is 29.1. The maximum atomic E-state index is 13.8. The largest absolute Gasteiger partial charge is 0.450 e. The summed E-state index contributed by atoms with van der Waals surface area (Å²) in [6, 6.07) is 0. The van der Waals surface area contributed by atoms with Crippen molar-refractivity contribution in [2.24, 2.45) is 58.2 Å². The first kappa shape index (κ1) is 34.2. The first-order valence-corrected chi connectivity index (χ1v) is 18.8. The summed E-state index contributed by atoms with van der Waals surface area (Å²) in [6.07, 6.45) is 9.84. The maximum absolute atomic E-state index is 13.8. The summed E-state index contributed by atoms with van der Waals surface area (Å²) in [5.41, 5.74) is -6.42. The van der Waals surface area contributed by atoms with Gasteiger partial charge in [0.05, 0.1) is 23.2 Å². The van der Waals surface area contributed by atoms with Gasteiger partial charge in [0.25, 0.3) is 0 Å². The summed E-state index contributed by atoms with van der Waals surface area (Å²) in [5, 5.41) is 67.8. The average molecular weight is 682 g/mol. The molecule has 0 aromatic carbocycles. The minimum Gasteiger partial charge on any atom is -0.450 e. The van der Waals surface area contributed by atoms with Gasteiger partial charge < -0.3 is 45.1 Å². The van der Waals surface area contributed by atoms with Crippen LogP contribution in [0.5, 0.6) is 0 Å². The number of aliphatic hydroxyl groups excluding tert-OH is 2. The van der Waals surface area contributed by atoms with Gasteiger partial charge in [0.1, 0.15) is 23.6 Å². The van der Waals surface area contributed by atoms with Crippen LogP contribution in [0.3, 0.4) is 0 Å². The number of aliphatic hydroxyl groups is 5. The van der Waals surface area contributed by atoms with E-state index < -0.39 is 69.7 Å². The zero-order chi connectivity index (χ0) is 34.7. The fraction of sp³-hybridized carbons (Fsp3) is 0.795. The minimum absolute atomic E-state index is 0.0718. The van der Waals surface area contributed by atoms with E-state index in [1.54, 1.807) is 13.2 Å². The van der Waals surface area contributed by atoms with Crippen LogP contribution in [0.4, 0.5) is 0 Å². The number of allylic oxidation sites excluding steroid dienone is 3. The van der Waals surface area contributed by atoms with E-state index in [0.29, 0.717) is 45.3 Å². The molecule has 5 saturated carbocycles. The van der Waals surface area contributed by atoms with Crippen molar-refractivity contribution in [1.82, 2.24) is 5.32 Å². The SMILES string of the molecule is COCCCNCC1=CC2CC3(O)C(C)(CCC4C5(C=O)CCC(O)C6CC7C=CCC(C)C7CC(C(O)C43O)C65O)C2C2=CC(=O)OC12. The van der Waals surface area contributed by atoms with Crippen molar-refractivity contribution in [3.63, 3.8) is 0 Å². The lowest BCUT2D eigenvalue weighted by Crippen LogP contribution is -2.85. The van der Waals surface area contributed by atoms with E-state index in [2.05, 4.69) is 30.5 Å². The molecule has 0 aromatic rings. The number of methoxy groups -OCH3 is 1. The third-order valence-corrected chi connectivity index (χ3v) is 15.8. The van der Waals surface area contributed by atoms with E-state index in [9.17, 15) is 35.1 Å². The average Bonchev–Trinajstić information content (AvgIpc) is 3.51. The summed E-state index contributed by atoms with van der Waals surface area (Å²) >= 11 is 0. The van der Waals surface area contributed by atoms with Crippen molar-refractivity contribution >= 4 is 12.3 Å². The molecule has 8 aliphatic rings. The Hall–Kier alpha value is -1.92. The molecule has 6 N–H and O–H groups in total. The van der Waals surface area contributed by atoms with Crippen LogP contribution < -0.4 is 5.32 Å². The monoisotopic (exact) mass is 681 g/mol. The van der Waals surface area contributed by atoms with E-state index >= 15 is 0 Å². The second-order valence-corrected chi connectivity index (χ2v) is 17.5. The zero-order valence-corrected chi connectivity index (χ0v) is 29.1. The molecule has 0 spiro atoms. The fourth-order valence-corrected chi connectivity index (χ4v) is 13.7. The van der Waals surface area contributed by atoms with Gasteiger partial charge >= 0.3 is 5.97 Å². The lowest BCUT2D eigenvalue weighted by Gasteiger charge is -2.72. The molecule has 0 saturated heterocycles. The quantitative estimate of drug-likeness (QED) is 0.102. The van der Waals surface area contributed by atoms with Gasteiger partial charge in [-0.05, 0) is 105 Å². The molecule has 0 bridgehead atoms. The Bertz CT molecular complexity index is 1480. The molecule has 1 heterocycles. The minimum atomic E-state index is -2.12. The fourth-order valence-electron chi connectivity index (χ4n) is 13.7. The van der Waals surface area contributed by atoms with E-state index in [1.807, 2.05) is 6.92 Å². The second kappa shape index (κ2) is 11.5. The first-order valence-electron chi connectivity index (χ1n) is 18.8. The van der Waals surface area contributed by atoms with Crippen LogP contribution in [0, 0.1) is 58.2 Å². The number of rotatable bonds is 7. The number of aldehydes is 1. The van der Waals surface area contributed by atoms with Crippen molar-refractivity contribution in [2.45, 2.75) is 107 Å². The smallest absolute Gasteiger partial charge is 0.331 e. The summed E-state index contributed by atoms with van der Waals surface area (Å²) in [4.78, 5) is 26.6. The Morgan fingerprint density at radius 3 is 2.63 bits per heavy atom. The molecule has 270 valence electrons. The molecule has 49 heavy (non-hydrogen) atoms. The number of ether oxygens (including phenoxy) is 2. The summed E-state index contributed by atoms with van der Waals surface area (Å²) in [5.74, 6) is -3.07. The third-order valence-electron chi connectivity index (χ3n) is 15.8. The molecular formula is C39H55NO9. The highest BCUT2D eigenvalue weighted by molar-refractivity contribution is 5.87. The number of nitrogens with one attached hydrogen (secondary N) is 1. The van der Waals surface area contributed by atoms with Gasteiger partial charge in [-0.1, -0.05) is 32.1 Å². The molecular weight excluding hydrogens is 626 g/mol. The van der Waals surface area contributed by atoms with Crippen molar-refractivity contribution in [1.29, 1.82) is 0 Å². The van der Waals surface area contributed by atoms with Gasteiger partial charge in [-0.3, -0.25) is 0 Å². The molecule has 8 rings (SSSR count). The van der Waals surface area contributed by atoms with E-state index in [0.717, 1.165) is 36.8 Å². The molecule has 16 atom stereocenters. The van der Waals surface area contributed by atoms with Gasteiger partial charge in [-0.25, -0.2) is 4.79 Å². The molecule has 0 amide bonds. The third kappa shape index (κ3) is 4.20. The molecule has 0 aromatic heterocycles. The highest BCUT2D eigenvalue weighted by Gasteiger charge is 2.84. The highest BCUT2D eigenvalue weighted by atomic mass is 16.5. The van der Waals surface area contributed by atoms with Crippen molar-refractivity contribution in [3.05, 3.63) is 35.5 Å². The Morgan fingerprint density at radius 2 is 1.88 bits per heavy atom. The van der Waals surface area contributed by atoms with Gasteiger partial charge in [-0.2, -0.15) is 0 Å². The Morgan fingerprint density at radius 1 is 1.08 bits per heavy atom. The van der Waals surface area contributed by atoms with Crippen molar-refractivity contribution in [3.8, 4) is 0 Å². The van der Waals surface area contributed by atoms with E-state index in [4.69, 9.17) is 9.47 Å². The van der Waals surface area contributed by atoms with Crippen LogP contribution in [0.15, 0.2) is 35.5 Å². The summed E-state index contributed by atoms with van der Waals surface area (Å²) < 4.78 is 11.0. The van der Waals surface area contributed by atoms with E-state index in [-0.39, 0.29) is 42.4 Å². The Labute approximate surface area is 289 Å². The van der Waals surface area contributed by atoms with Crippen molar-refractivity contribution in [2.75, 3.05) is 26.8 Å². The van der Waals surface area contributed by atoms with Gasteiger partial charge in [-0.15, -0.1) is 0 Å². The Balaban J connectivity index is 1.24. The highest BCUT2D eigenvalue weighted by Crippen LogP contribution is 2.76. The molecule has 7 aliphatic carbocycles. The van der Waals surface area contributed by atoms with Crippen LogP contribution in [-0.4, -0.2) is 99.7 Å². The number of carbonyl (C=O) groups excluding carboxylic acids is 2. The van der Waals surface area contributed by atoms with Crippen LogP contribution in [0.2, 0.25) is 0 Å². The lowest BCUT2D eigenvalue weighted by atomic mass is 9.35. The predicted octanol–water partition coefficient (Wildman–Crippen LogP) is 2.22. The molecule has 0 radical (unpaired) electrons. The summed E-state index contributed by atoms with van der Waals surface area (Å²) in [7, 11) is 1.67. The van der Waals surface area contributed by atoms with E-state index in [1.165, 1.54) is 0 Å². The first-order chi connectivity index (χ1) is 23.3. The molecule has 5 fully saturated rings. The Kier molecular flexibility index (Phi) is 8.05. The molecule has 16 unspecified atom stereocenters. The summed E-state index contributed by atoms with van der Waals surface area (Å²) in [6.45, 7) is 5.99. The standard InChI is InChI=1S/C39H55NO9/c1-21-6-4-7-22-15-27-29(42)8-11-36(20-41)30-9-10-35(2)32-23(14-24(19-40-12-5-13-48-3)33-26(32)17-31(43)49-33)18-37(35,45)39(30,47)34(44)28(16-25(21)22)38(27,36)46/h4,7,14,17,20-23,25,27-30,32-34,40,42,44-47H,5-6,8-13,15-16,18-19H2,1-3H3. The number of hydrogen-bond acceptors (Lipinski definition) is 10.